The lowest BCUT2D eigenvalue weighted by atomic mass is 9.99. The van der Waals surface area contributed by atoms with Gasteiger partial charge in [0.1, 0.15) is 0 Å². The fourth-order valence-corrected chi connectivity index (χ4v) is 2.64. The molecule has 15 heavy (non-hydrogen) atoms. The van der Waals surface area contributed by atoms with Crippen molar-refractivity contribution in [3.05, 3.63) is 0 Å². The summed E-state index contributed by atoms with van der Waals surface area (Å²) < 4.78 is 0. The smallest absolute Gasteiger partial charge is 0.223 e. The summed E-state index contributed by atoms with van der Waals surface area (Å²) in [5.41, 5.74) is 0. The van der Waals surface area contributed by atoms with E-state index < -0.39 is 0 Å². The molecular formula is C12H22N2O. The highest BCUT2D eigenvalue weighted by atomic mass is 16.1. The average Bonchev–Trinajstić information content (AvgIpc) is 2.58. The van der Waals surface area contributed by atoms with Crippen molar-refractivity contribution in [2.75, 3.05) is 13.1 Å². The van der Waals surface area contributed by atoms with Crippen LogP contribution in [0.2, 0.25) is 0 Å². The van der Waals surface area contributed by atoms with Gasteiger partial charge in [-0.15, -0.1) is 0 Å². The Hall–Kier alpha value is -0.570. The quantitative estimate of drug-likeness (QED) is 0.677. The van der Waals surface area contributed by atoms with Crippen molar-refractivity contribution in [3.8, 4) is 0 Å². The summed E-state index contributed by atoms with van der Waals surface area (Å²) in [7, 11) is 0. The Morgan fingerprint density at radius 3 is 2.40 bits per heavy atom. The number of hydrogen-bond donors (Lipinski definition) is 2. The Morgan fingerprint density at radius 1 is 1.07 bits per heavy atom. The zero-order chi connectivity index (χ0) is 10.5. The molecule has 86 valence electrons. The number of hydrogen-bond acceptors (Lipinski definition) is 2. The second-order valence-corrected chi connectivity index (χ2v) is 4.89. The molecule has 1 atom stereocenters. The van der Waals surface area contributed by atoms with Crippen LogP contribution in [0.15, 0.2) is 0 Å². The lowest BCUT2D eigenvalue weighted by molar-refractivity contribution is -0.126. The van der Waals surface area contributed by atoms with Gasteiger partial charge in [-0.1, -0.05) is 25.7 Å². The maximum atomic E-state index is 12.0. The largest absolute Gasteiger partial charge is 0.352 e. The molecule has 0 spiro atoms. The van der Waals surface area contributed by atoms with Crippen LogP contribution < -0.4 is 10.6 Å². The highest BCUT2D eigenvalue weighted by Crippen LogP contribution is 2.23. The lowest BCUT2D eigenvalue weighted by Crippen LogP contribution is -2.39. The van der Waals surface area contributed by atoms with Crippen LogP contribution in [-0.2, 0) is 4.79 Å². The number of carbonyl (C=O) groups is 1. The van der Waals surface area contributed by atoms with Crippen molar-refractivity contribution in [2.45, 2.75) is 51.0 Å². The molecule has 0 aromatic carbocycles. The molecule has 1 saturated heterocycles. The van der Waals surface area contributed by atoms with E-state index in [-0.39, 0.29) is 0 Å². The summed E-state index contributed by atoms with van der Waals surface area (Å²) in [6.45, 7) is 2.01. The molecule has 3 heteroatoms. The molecule has 2 N–H and O–H groups in total. The second-order valence-electron chi connectivity index (χ2n) is 4.89. The van der Waals surface area contributed by atoms with E-state index in [9.17, 15) is 4.79 Å². The van der Waals surface area contributed by atoms with Gasteiger partial charge in [0.25, 0.3) is 0 Å². The lowest BCUT2D eigenvalue weighted by Gasteiger charge is -2.17. The third-order valence-electron chi connectivity index (χ3n) is 3.63. The summed E-state index contributed by atoms with van der Waals surface area (Å²) in [4.78, 5) is 12.0. The van der Waals surface area contributed by atoms with Crippen LogP contribution in [0.1, 0.15) is 44.9 Å². The number of amides is 1. The summed E-state index contributed by atoms with van der Waals surface area (Å²) in [5.74, 6) is 0.610. The minimum absolute atomic E-state index is 0.299. The van der Waals surface area contributed by atoms with Crippen molar-refractivity contribution >= 4 is 5.91 Å². The van der Waals surface area contributed by atoms with Gasteiger partial charge in [-0.05, 0) is 25.8 Å². The third-order valence-corrected chi connectivity index (χ3v) is 3.63. The molecule has 0 aromatic rings. The van der Waals surface area contributed by atoms with Crippen molar-refractivity contribution in [2.24, 2.45) is 5.92 Å². The molecule has 0 bridgehead atoms. The van der Waals surface area contributed by atoms with E-state index in [4.69, 9.17) is 0 Å². The van der Waals surface area contributed by atoms with Gasteiger partial charge in [0.15, 0.2) is 0 Å². The SMILES string of the molecule is O=C(N[C@H]1CCNC1)C1CCCCCC1. The van der Waals surface area contributed by atoms with Gasteiger partial charge >= 0.3 is 0 Å². The zero-order valence-corrected chi connectivity index (χ0v) is 9.43. The van der Waals surface area contributed by atoms with Crippen LogP contribution in [0.3, 0.4) is 0 Å². The summed E-state index contributed by atoms with van der Waals surface area (Å²) in [5, 5.41) is 6.45. The fraction of sp³-hybridized carbons (Fsp3) is 0.917. The molecule has 2 aliphatic rings. The Labute approximate surface area is 92.0 Å². The molecule has 0 unspecified atom stereocenters. The van der Waals surface area contributed by atoms with E-state index in [0.29, 0.717) is 17.9 Å². The van der Waals surface area contributed by atoms with E-state index in [1.54, 1.807) is 0 Å². The maximum Gasteiger partial charge on any atom is 0.223 e. The number of nitrogens with one attached hydrogen (secondary N) is 2. The van der Waals surface area contributed by atoms with Crippen LogP contribution in [0, 0.1) is 5.92 Å². The van der Waals surface area contributed by atoms with Gasteiger partial charge in [0, 0.05) is 18.5 Å². The van der Waals surface area contributed by atoms with Gasteiger partial charge in [-0.25, -0.2) is 0 Å². The first-order chi connectivity index (χ1) is 7.36. The zero-order valence-electron chi connectivity index (χ0n) is 9.43. The summed E-state index contributed by atoms with van der Waals surface area (Å²) in [6, 6.07) is 0.390. The molecule has 3 nitrogen and oxygen atoms in total. The highest BCUT2D eigenvalue weighted by Gasteiger charge is 2.23. The van der Waals surface area contributed by atoms with E-state index in [1.807, 2.05) is 0 Å². The van der Waals surface area contributed by atoms with Gasteiger partial charge < -0.3 is 10.6 Å². The van der Waals surface area contributed by atoms with Gasteiger partial charge in [0.05, 0.1) is 0 Å². The van der Waals surface area contributed by atoms with Crippen molar-refractivity contribution in [1.29, 1.82) is 0 Å². The first kappa shape index (κ1) is 10.9. The summed E-state index contributed by atoms with van der Waals surface area (Å²) in [6.07, 6.45) is 8.40. The molecule has 1 saturated carbocycles. The van der Waals surface area contributed by atoms with Crippen molar-refractivity contribution < 1.29 is 4.79 Å². The van der Waals surface area contributed by atoms with Gasteiger partial charge in [0.2, 0.25) is 5.91 Å². The molecule has 0 radical (unpaired) electrons. The van der Waals surface area contributed by atoms with Crippen molar-refractivity contribution in [3.63, 3.8) is 0 Å². The van der Waals surface area contributed by atoms with E-state index >= 15 is 0 Å². The molecule has 1 amide bonds. The molecular weight excluding hydrogens is 188 g/mol. The minimum Gasteiger partial charge on any atom is -0.352 e. The molecule has 2 fully saturated rings. The normalized spacial score (nSPS) is 28.7. The van der Waals surface area contributed by atoms with Crippen LogP contribution in [-0.4, -0.2) is 25.0 Å². The average molecular weight is 210 g/mol. The van der Waals surface area contributed by atoms with E-state index in [2.05, 4.69) is 10.6 Å². The Bertz CT molecular complexity index is 204. The van der Waals surface area contributed by atoms with Crippen molar-refractivity contribution in [1.82, 2.24) is 10.6 Å². The molecule has 2 rings (SSSR count). The predicted molar refractivity (Wildman–Crippen MR) is 60.6 cm³/mol. The first-order valence-corrected chi connectivity index (χ1v) is 6.37. The predicted octanol–water partition coefficient (Wildman–Crippen LogP) is 1.43. The Kier molecular flexibility index (Phi) is 4.01. The third kappa shape index (κ3) is 3.20. The molecule has 1 heterocycles. The minimum atomic E-state index is 0.299. The van der Waals surface area contributed by atoms with Crippen LogP contribution in [0.5, 0.6) is 0 Å². The standard InChI is InChI=1S/C12H22N2O/c15-12(14-11-7-8-13-9-11)10-5-3-1-2-4-6-10/h10-11,13H,1-9H2,(H,14,15)/t11-/m0/s1. The number of carbonyl (C=O) groups excluding carboxylic acids is 1. The molecule has 0 aromatic heterocycles. The van der Waals surface area contributed by atoms with Gasteiger partial charge in [-0.3, -0.25) is 4.79 Å². The second kappa shape index (κ2) is 5.50. The molecule has 1 aliphatic carbocycles. The topological polar surface area (TPSA) is 41.1 Å². The Balaban J connectivity index is 1.77. The number of rotatable bonds is 2. The Morgan fingerprint density at radius 2 is 1.80 bits per heavy atom. The highest BCUT2D eigenvalue weighted by molar-refractivity contribution is 5.79. The van der Waals surface area contributed by atoms with Crippen LogP contribution in [0.4, 0.5) is 0 Å². The first-order valence-electron chi connectivity index (χ1n) is 6.37. The summed E-state index contributed by atoms with van der Waals surface area (Å²) >= 11 is 0. The maximum absolute atomic E-state index is 12.0. The van der Waals surface area contributed by atoms with Crippen LogP contribution >= 0.6 is 0 Å². The molecule has 1 aliphatic heterocycles. The van der Waals surface area contributed by atoms with Crippen LogP contribution in [0.25, 0.3) is 0 Å². The van der Waals surface area contributed by atoms with E-state index in [1.165, 1.54) is 25.7 Å². The monoisotopic (exact) mass is 210 g/mol. The van der Waals surface area contributed by atoms with E-state index in [0.717, 1.165) is 32.4 Å². The van der Waals surface area contributed by atoms with Gasteiger partial charge in [-0.2, -0.15) is 0 Å². The fourth-order valence-electron chi connectivity index (χ4n) is 2.64.